The second kappa shape index (κ2) is 4.41. The maximum atomic E-state index is 5.93. The topological polar surface area (TPSA) is 38.0 Å². The van der Waals surface area contributed by atoms with E-state index >= 15 is 0 Å². The van der Waals surface area contributed by atoms with Gasteiger partial charge in [-0.15, -0.1) is 11.6 Å². The number of para-hydroxylation sites is 2. The summed E-state index contributed by atoms with van der Waals surface area (Å²) in [7, 11) is 0. The lowest BCUT2D eigenvalue weighted by Gasteiger charge is -2.14. The van der Waals surface area contributed by atoms with Crippen molar-refractivity contribution in [1.29, 1.82) is 0 Å². The van der Waals surface area contributed by atoms with Crippen LogP contribution in [0.4, 0.5) is 11.4 Å². The molecule has 0 radical (unpaired) electrons. The van der Waals surface area contributed by atoms with Crippen LogP contribution in [0.1, 0.15) is 6.42 Å². The third kappa shape index (κ3) is 2.54. The fourth-order valence-corrected chi connectivity index (χ4v) is 1.62. The highest BCUT2D eigenvalue weighted by Crippen LogP contribution is 2.22. The molecule has 0 amide bonds. The summed E-state index contributed by atoms with van der Waals surface area (Å²) in [6.07, 6.45) is 6.88. The summed E-state index contributed by atoms with van der Waals surface area (Å²) in [5.74, 6) is 0. The van der Waals surface area contributed by atoms with Crippen LogP contribution in [-0.4, -0.2) is 5.38 Å². The Morgan fingerprint density at radius 1 is 1.33 bits per heavy atom. The van der Waals surface area contributed by atoms with Crippen molar-refractivity contribution in [3.63, 3.8) is 0 Å². The van der Waals surface area contributed by atoms with E-state index in [1.54, 1.807) is 0 Å². The second-order valence-electron chi connectivity index (χ2n) is 3.48. The molecule has 0 aliphatic heterocycles. The van der Waals surface area contributed by atoms with Crippen LogP contribution in [0.3, 0.4) is 0 Å². The quantitative estimate of drug-likeness (QED) is 0.594. The van der Waals surface area contributed by atoms with Crippen LogP contribution in [0.5, 0.6) is 0 Å². The summed E-state index contributed by atoms with van der Waals surface area (Å²) in [4.78, 5) is 0. The van der Waals surface area contributed by atoms with Gasteiger partial charge in [-0.05, 0) is 24.6 Å². The molecule has 3 N–H and O–H groups in total. The first kappa shape index (κ1) is 10.1. The summed E-state index contributed by atoms with van der Waals surface area (Å²) in [5.41, 5.74) is 8.55. The van der Waals surface area contributed by atoms with Crippen molar-refractivity contribution in [3.8, 4) is 0 Å². The molecule has 1 aromatic carbocycles. The van der Waals surface area contributed by atoms with Gasteiger partial charge in [0, 0.05) is 5.70 Å². The van der Waals surface area contributed by atoms with Crippen molar-refractivity contribution in [1.82, 2.24) is 0 Å². The molecule has 1 aliphatic carbocycles. The summed E-state index contributed by atoms with van der Waals surface area (Å²) >= 11 is 5.93. The second-order valence-corrected chi connectivity index (χ2v) is 4.04. The number of rotatable bonds is 2. The van der Waals surface area contributed by atoms with Crippen molar-refractivity contribution < 1.29 is 0 Å². The van der Waals surface area contributed by atoms with Crippen molar-refractivity contribution in [2.75, 3.05) is 11.1 Å². The minimum absolute atomic E-state index is 0.115. The molecule has 2 rings (SSSR count). The van der Waals surface area contributed by atoms with E-state index < -0.39 is 0 Å². The minimum atomic E-state index is 0.115. The predicted octanol–water partition coefficient (Wildman–Crippen LogP) is 3.13. The Morgan fingerprint density at radius 2 is 2.13 bits per heavy atom. The zero-order valence-corrected chi connectivity index (χ0v) is 9.04. The third-order valence-corrected chi connectivity index (χ3v) is 2.61. The lowest BCUT2D eigenvalue weighted by atomic mass is 10.1. The van der Waals surface area contributed by atoms with Gasteiger partial charge in [-0.25, -0.2) is 0 Å². The van der Waals surface area contributed by atoms with E-state index in [1.165, 1.54) is 0 Å². The highest BCUT2D eigenvalue weighted by Gasteiger charge is 2.05. The third-order valence-electron chi connectivity index (χ3n) is 2.29. The van der Waals surface area contributed by atoms with Crippen LogP contribution in [0, 0.1) is 0 Å². The Labute approximate surface area is 94.4 Å². The molecular weight excluding hydrogens is 208 g/mol. The van der Waals surface area contributed by atoms with Gasteiger partial charge in [0.2, 0.25) is 0 Å². The largest absolute Gasteiger partial charge is 0.397 e. The van der Waals surface area contributed by atoms with Crippen molar-refractivity contribution in [2.24, 2.45) is 0 Å². The minimum Gasteiger partial charge on any atom is -0.397 e. The zero-order chi connectivity index (χ0) is 10.7. The van der Waals surface area contributed by atoms with Crippen LogP contribution < -0.4 is 11.1 Å². The predicted molar refractivity (Wildman–Crippen MR) is 66.0 cm³/mol. The lowest BCUT2D eigenvalue weighted by Crippen LogP contribution is -2.05. The van der Waals surface area contributed by atoms with E-state index in [0.29, 0.717) is 0 Å². The van der Waals surface area contributed by atoms with Gasteiger partial charge in [0.05, 0.1) is 16.8 Å². The molecule has 78 valence electrons. The summed E-state index contributed by atoms with van der Waals surface area (Å²) in [6, 6.07) is 7.70. The number of hydrogen-bond donors (Lipinski definition) is 2. The first-order valence-corrected chi connectivity index (χ1v) is 5.33. The molecule has 1 aromatic rings. The first-order valence-electron chi connectivity index (χ1n) is 4.89. The number of nitrogens with one attached hydrogen (secondary N) is 1. The average molecular weight is 221 g/mol. The highest BCUT2D eigenvalue weighted by atomic mass is 35.5. The van der Waals surface area contributed by atoms with E-state index in [-0.39, 0.29) is 5.38 Å². The normalized spacial score (nSPS) is 19.8. The molecule has 0 saturated carbocycles. The summed E-state index contributed by atoms with van der Waals surface area (Å²) < 4.78 is 0. The first-order chi connectivity index (χ1) is 7.25. The molecule has 0 saturated heterocycles. The maximum Gasteiger partial charge on any atom is 0.0617 e. The fourth-order valence-electron chi connectivity index (χ4n) is 1.45. The number of alkyl halides is 1. The number of nitrogen functional groups attached to an aromatic ring is 1. The smallest absolute Gasteiger partial charge is 0.0617 e. The van der Waals surface area contributed by atoms with Crippen molar-refractivity contribution in [2.45, 2.75) is 11.8 Å². The Balaban J connectivity index is 2.10. The number of benzene rings is 1. The number of allylic oxidation sites excluding steroid dienone is 3. The standard InChI is InChI=1S/C12H13ClN2/c13-9-5-7-10(8-6-9)15-12-4-2-1-3-11(12)14/h1-5,7-9,15H,6,14H2. The molecule has 1 unspecified atom stereocenters. The highest BCUT2D eigenvalue weighted by molar-refractivity contribution is 6.22. The molecular formula is C12H13ClN2. The van der Waals surface area contributed by atoms with Gasteiger partial charge in [0.1, 0.15) is 0 Å². The Kier molecular flexibility index (Phi) is 2.97. The van der Waals surface area contributed by atoms with Crippen LogP contribution in [-0.2, 0) is 0 Å². The van der Waals surface area contributed by atoms with E-state index in [2.05, 4.69) is 11.4 Å². The van der Waals surface area contributed by atoms with Crippen molar-refractivity contribution in [3.05, 3.63) is 48.2 Å². The molecule has 1 atom stereocenters. The van der Waals surface area contributed by atoms with Crippen LogP contribution in [0.15, 0.2) is 48.2 Å². The maximum absolute atomic E-state index is 5.93. The van der Waals surface area contributed by atoms with Crippen LogP contribution >= 0.6 is 11.6 Å². The molecule has 0 spiro atoms. The van der Waals surface area contributed by atoms with Gasteiger partial charge in [-0.3, -0.25) is 0 Å². The zero-order valence-electron chi connectivity index (χ0n) is 8.28. The lowest BCUT2D eigenvalue weighted by molar-refractivity contribution is 1.03. The Bertz CT molecular complexity index is 410. The summed E-state index contributed by atoms with van der Waals surface area (Å²) in [6.45, 7) is 0. The molecule has 1 aliphatic rings. The van der Waals surface area contributed by atoms with E-state index in [0.717, 1.165) is 23.5 Å². The molecule has 2 nitrogen and oxygen atoms in total. The number of anilines is 2. The molecule has 0 fully saturated rings. The Morgan fingerprint density at radius 3 is 2.80 bits per heavy atom. The average Bonchev–Trinajstić information content (AvgIpc) is 2.25. The SMILES string of the molecule is Nc1ccccc1NC1=CCC(Cl)C=C1. The molecule has 3 heteroatoms. The fraction of sp³-hybridized carbons (Fsp3) is 0.167. The number of halogens is 1. The summed E-state index contributed by atoms with van der Waals surface area (Å²) in [5, 5.41) is 3.37. The number of nitrogens with two attached hydrogens (primary N) is 1. The van der Waals surface area contributed by atoms with Gasteiger partial charge >= 0.3 is 0 Å². The van der Waals surface area contributed by atoms with Crippen LogP contribution in [0.2, 0.25) is 0 Å². The van der Waals surface area contributed by atoms with Gasteiger partial charge in [0.15, 0.2) is 0 Å². The van der Waals surface area contributed by atoms with Gasteiger partial charge in [-0.1, -0.05) is 24.3 Å². The molecule has 0 aromatic heterocycles. The molecule has 15 heavy (non-hydrogen) atoms. The monoisotopic (exact) mass is 220 g/mol. The molecule has 0 bridgehead atoms. The van der Waals surface area contributed by atoms with Gasteiger partial charge < -0.3 is 11.1 Å². The van der Waals surface area contributed by atoms with E-state index in [1.807, 2.05) is 36.4 Å². The number of hydrogen-bond acceptors (Lipinski definition) is 2. The van der Waals surface area contributed by atoms with Gasteiger partial charge in [0.25, 0.3) is 0 Å². The van der Waals surface area contributed by atoms with Crippen molar-refractivity contribution >= 4 is 23.0 Å². The van der Waals surface area contributed by atoms with Gasteiger partial charge in [-0.2, -0.15) is 0 Å². The Hall–Kier alpha value is -1.41. The molecule has 0 heterocycles. The van der Waals surface area contributed by atoms with Crippen LogP contribution in [0.25, 0.3) is 0 Å². The van der Waals surface area contributed by atoms with E-state index in [4.69, 9.17) is 17.3 Å². The van der Waals surface area contributed by atoms with E-state index in [9.17, 15) is 0 Å².